The van der Waals surface area contributed by atoms with Crippen LogP contribution in [0.15, 0.2) is 48.5 Å². The van der Waals surface area contributed by atoms with Crippen molar-refractivity contribution in [3.8, 4) is 11.5 Å². The van der Waals surface area contributed by atoms with E-state index < -0.39 is 29.9 Å². The van der Waals surface area contributed by atoms with Gasteiger partial charge >= 0.3 is 6.16 Å². The molecule has 0 saturated carbocycles. The predicted octanol–water partition coefficient (Wildman–Crippen LogP) is 3.67. The van der Waals surface area contributed by atoms with Crippen molar-refractivity contribution in [3.63, 3.8) is 0 Å². The van der Waals surface area contributed by atoms with Crippen LogP contribution in [0.25, 0.3) is 0 Å². The van der Waals surface area contributed by atoms with Crippen molar-refractivity contribution < 1.29 is 38.8 Å². The van der Waals surface area contributed by atoms with Gasteiger partial charge in [0.25, 0.3) is 0 Å². The van der Waals surface area contributed by atoms with Gasteiger partial charge in [-0.05, 0) is 44.5 Å². The maximum absolute atomic E-state index is 11.9. The van der Waals surface area contributed by atoms with Crippen molar-refractivity contribution in [1.29, 1.82) is 0 Å². The molecule has 2 aromatic rings. The van der Waals surface area contributed by atoms with Crippen LogP contribution in [0, 0.1) is 0 Å². The lowest BCUT2D eigenvalue weighted by molar-refractivity contribution is -0.191. The van der Waals surface area contributed by atoms with Gasteiger partial charge in [-0.2, -0.15) is 0 Å². The molecule has 1 aliphatic rings. The summed E-state index contributed by atoms with van der Waals surface area (Å²) in [5, 5.41) is 22.5. The summed E-state index contributed by atoms with van der Waals surface area (Å²) in [5.74, 6) is 0.990. The quantitative estimate of drug-likeness (QED) is 0.371. The van der Waals surface area contributed by atoms with E-state index in [9.17, 15) is 15.0 Å². The van der Waals surface area contributed by atoms with Gasteiger partial charge in [-0.25, -0.2) is 4.79 Å². The van der Waals surface area contributed by atoms with Gasteiger partial charge in [0.2, 0.25) is 0 Å². The average Bonchev–Trinajstić information content (AvgIpc) is 2.80. The summed E-state index contributed by atoms with van der Waals surface area (Å²) >= 11 is 0. The third-order valence-electron chi connectivity index (χ3n) is 5.62. The summed E-state index contributed by atoms with van der Waals surface area (Å²) in [7, 11) is 1.64. The van der Waals surface area contributed by atoms with E-state index in [1.807, 2.05) is 48.5 Å². The number of rotatable bonds is 10. The molecule has 2 aromatic carbocycles. The summed E-state index contributed by atoms with van der Waals surface area (Å²) < 4.78 is 22.0. The molecule has 0 aromatic heterocycles. The number of ether oxygens (including phenoxy) is 4. The van der Waals surface area contributed by atoms with Crippen LogP contribution in [-0.2, 0) is 20.9 Å². The number of aliphatic hydroxyl groups is 2. The first kappa shape index (κ1) is 27.7. The summed E-state index contributed by atoms with van der Waals surface area (Å²) in [6.07, 6.45) is -2.00. The predicted molar refractivity (Wildman–Crippen MR) is 133 cm³/mol. The summed E-state index contributed by atoms with van der Waals surface area (Å²) in [5.41, 5.74) is 1.09. The first-order chi connectivity index (χ1) is 17.2. The van der Waals surface area contributed by atoms with Crippen LogP contribution in [0.2, 0.25) is 0 Å². The third-order valence-corrected chi connectivity index (χ3v) is 5.62. The Morgan fingerprint density at radius 3 is 2.31 bits per heavy atom. The molecule has 198 valence electrons. The van der Waals surface area contributed by atoms with E-state index in [1.54, 1.807) is 27.9 Å². The van der Waals surface area contributed by atoms with Crippen molar-refractivity contribution in [3.05, 3.63) is 59.7 Å². The maximum Gasteiger partial charge on any atom is 0.528 e. The highest BCUT2D eigenvalue weighted by Crippen LogP contribution is 2.30. The molecule has 0 bridgehead atoms. The smallest absolute Gasteiger partial charge is 0.496 e. The zero-order valence-corrected chi connectivity index (χ0v) is 21.4. The number of piperidine rings is 1. The standard InChI is InChI=1S/C27H37NO8/c1-27(2,3)35-26(31)36-28-16-22(29)25(23(30)17-28)19-10-12-21(13-11-19)34-15-7-14-33-18-20-8-5-6-9-24(20)32-4/h5-6,8-13,22-23,25,29-30H,7,14-18H2,1-4H3/t22-,23+,25-. The van der Waals surface area contributed by atoms with Crippen LogP contribution < -0.4 is 9.47 Å². The SMILES string of the molecule is COc1ccccc1COCCCOc1ccc([C@@H]2[C@H](O)CN(OC(=O)OC(C)(C)C)C[C@@H]2O)cc1. The molecule has 2 N–H and O–H groups in total. The van der Waals surface area contributed by atoms with Gasteiger partial charge in [-0.15, -0.1) is 5.06 Å². The van der Waals surface area contributed by atoms with Crippen LogP contribution >= 0.6 is 0 Å². The number of methoxy groups -OCH3 is 1. The molecule has 0 amide bonds. The van der Waals surface area contributed by atoms with Crippen LogP contribution in [-0.4, -0.2) is 72.7 Å². The Morgan fingerprint density at radius 1 is 1.00 bits per heavy atom. The van der Waals surface area contributed by atoms with Crippen LogP contribution in [0.5, 0.6) is 11.5 Å². The topological polar surface area (TPSA) is 107 Å². The van der Waals surface area contributed by atoms with Gasteiger partial charge in [0.15, 0.2) is 0 Å². The van der Waals surface area contributed by atoms with Crippen molar-refractivity contribution in [2.75, 3.05) is 33.4 Å². The second kappa shape index (κ2) is 12.9. The minimum atomic E-state index is -0.927. The zero-order chi connectivity index (χ0) is 26.1. The second-order valence-corrected chi connectivity index (χ2v) is 9.70. The Hall–Kier alpha value is -2.85. The highest BCUT2D eigenvalue weighted by Gasteiger charge is 2.38. The molecule has 36 heavy (non-hydrogen) atoms. The average molecular weight is 504 g/mol. The molecule has 0 radical (unpaired) electrons. The summed E-state index contributed by atoms with van der Waals surface area (Å²) in [6.45, 7) is 6.85. The molecule has 0 aliphatic carbocycles. The van der Waals surface area contributed by atoms with Crippen molar-refractivity contribution >= 4 is 6.16 Å². The number of hydrogen-bond acceptors (Lipinski definition) is 9. The number of carbonyl (C=O) groups excluding carboxylic acids is 1. The molecule has 3 rings (SSSR count). The Labute approximate surface area is 212 Å². The Bertz CT molecular complexity index is 947. The van der Waals surface area contributed by atoms with E-state index in [1.165, 1.54) is 5.06 Å². The van der Waals surface area contributed by atoms with Gasteiger partial charge in [0.05, 0.1) is 52.2 Å². The normalized spacial score (nSPS) is 20.6. The summed E-state index contributed by atoms with van der Waals surface area (Å²) in [4.78, 5) is 17.0. The van der Waals surface area contributed by atoms with Crippen molar-refractivity contribution in [2.24, 2.45) is 0 Å². The molecule has 1 aliphatic heterocycles. The van der Waals surface area contributed by atoms with Crippen LogP contribution in [0.1, 0.15) is 44.2 Å². The summed E-state index contributed by atoms with van der Waals surface area (Å²) in [6, 6.07) is 15.0. The highest BCUT2D eigenvalue weighted by molar-refractivity contribution is 5.60. The largest absolute Gasteiger partial charge is 0.528 e. The van der Waals surface area contributed by atoms with E-state index in [0.29, 0.717) is 25.6 Å². The minimum absolute atomic E-state index is 0.0636. The molecule has 9 nitrogen and oxygen atoms in total. The monoisotopic (exact) mass is 503 g/mol. The number of nitrogens with zero attached hydrogens (tertiary/aromatic N) is 1. The Morgan fingerprint density at radius 2 is 1.67 bits per heavy atom. The molecule has 0 unspecified atom stereocenters. The maximum atomic E-state index is 11.9. The molecule has 9 heteroatoms. The Balaban J connectivity index is 1.41. The second-order valence-electron chi connectivity index (χ2n) is 9.70. The molecular weight excluding hydrogens is 466 g/mol. The van der Waals surface area contributed by atoms with Gasteiger partial charge in [0.1, 0.15) is 17.1 Å². The molecule has 1 fully saturated rings. The highest BCUT2D eigenvalue weighted by atomic mass is 16.8. The van der Waals surface area contributed by atoms with Gasteiger partial charge in [0, 0.05) is 17.9 Å². The van der Waals surface area contributed by atoms with E-state index in [0.717, 1.165) is 23.3 Å². The number of para-hydroxylation sites is 1. The first-order valence-electron chi connectivity index (χ1n) is 12.1. The van der Waals surface area contributed by atoms with Gasteiger partial charge in [-0.1, -0.05) is 30.3 Å². The lowest BCUT2D eigenvalue weighted by atomic mass is 9.85. The minimum Gasteiger partial charge on any atom is -0.496 e. The third kappa shape index (κ3) is 8.37. The molecule has 1 saturated heterocycles. The number of hydroxylamine groups is 2. The zero-order valence-electron chi connectivity index (χ0n) is 21.4. The fourth-order valence-corrected chi connectivity index (χ4v) is 4.01. The number of β-amino-alcohol motifs (C(OH)–C–C–N with tert-alkyl or cyclic N) is 2. The number of carbonyl (C=O) groups is 1. The van der Waals surface area contributed by atoms with E-state index in [4.69, 9.17) is 23.8 Å². The Kier molecular flexibility index (Phi) is 9.95. The lowest BCUT2D eigenvalue weighted by Crippen LogP contribution is -2.51. The molecule has 1 heterocycles. The van der Waals surface area contributed by atoms with Crippen molar-refractivity contribution in [1.82, 2.24) is 5.06 Å². The van der Waals surface area contributed by atoms with E-state index in [-0.39, 0.29) is 13.1 Å². The van der Waals surface area contributed by atoms with Crippen LogP contribution in [0.4, 0.5) is 4.79 Å². The van der Waals surface area contributed by atoms with Crippen LogP contribution in [0.3, 0.4) is 0 Å². The first-order valence-corrected chi connectivity index (χ1v) is 12.1. The van der Waals surface area contributed by atoms with E-state index in [2.05, 4.69) is 0 Å². The number of hydrogen-bond donors (Lipinski definition) is 2. The lowest BCUT2D eigenvalue weighted by Gasteiger charge is -2.38. The number of aliphatic hydroxyl groups excluding tert-OH is 2. The number of benzene rings is 2. The molecule has 3 atom stereocenters. The molecular formula is C27H37NO8. The van der Waals surface area contributed by atoms with E-state index >= 15 is 0 Å². The fraction of sp³-hybridized carbons (Fsp3) is 0.519. The van der Waals surface area contributed by atoms with Gasteiger partial charge in [-0.3, -0.25) is 0 Å². The van der Waals surface area contributed by atoms with Crippen molar-refractivity contribution in [2.45, 2.75) is 57.5 Å². The fourth-order valence-electron chi connectivity index (χ4n) is 4.01. The van der Waals surface area contributed by atoms with Gasteiger partial charge < -0.3 is 34.0 Å². The molecule has 0 spiro atoms.